The van der Waals surface area contributed by atoms with Gasteiger partial charge in [-0.1, -0.05) is 25.4 Å². The number of rotatable bonds is 5. The van der Waals surface area contributed by atoms with E-state index < -0.39 is 0 Å². The summed E-state index contributed by atoms with van der Waals surface area (Å²) < 4.78 is 5.89. The van der Waals surface area contributed by atoms with Gasteiger partial charge in [-0.25, -0.2) is 4.98 Å². The van der Waals surface area contributed by atoms with Crippen LogP contribution in [0.4, 0.5) is 0 Å². The second-order valence-corrected chi connectivity index (χ2v) is 5.78. The molecule has 0 spiro atoms. The molecule has 1 N–H and O–H groups in total. The molecule has 0 fully saturated rings. The molecule has 2 aromatic heterocycles. The van der Waals surface area contributed by atoms with E-state index in [1.165, 1.54) is 0 Å². The molecular weight excluding hydrogens is 286 g/mol. The van der Waals surface area contributed by atoms with Gasteiger partial charge in [0, 0.05) is 36.1 Å². The molecule has 0 aliphatic heterocycles. The number of hydrogen-bond acceptors (Lipinski definition) is 4. The van der Waals surface area contributed by atoms with Crippen molar-refractivity contribution in [1.29, 1.82) is 0 Å². The van der Waals surface area contributed by atoms with Crippen molar-refractivity contribution in [3.8, 4) is 11.6 Å². The SMILES string of the molecule is Cc1cc(C)c(CNC(C)C)c(Oc2cncc(Cl)c2)n1. The number of aryl methyl sites for hydroxylation is 2. The first-order valence-electron chi connectivity index (χ1n) is 6.94. The Balaban J connectivity index is 2.32. The van der Waals surface area contributed by atoms with E-state index >= 15 is 0 Å². The van der Waals surface area contributed by atoms with Crippen molar-refractivity contribution in [2.24, 2.45) is 0 Å². The molecule has 0 aromatic carbocycles. The Morgan fingerprint density at radius 2 is 2.00 bits per heavy atom. The average Bonchev–Trinajstić information content (AvgIpc) is 2.37. The predicted molar refractivity (Wildman–Crippen MR) is 85.0 cm³/mol. The fourth-order valence-electron chi connectivity index (χ4n) is 1.99. The quantitative estimate of drug-likeness (QED) is 0.905. The molecule has 0 aliphatic rings. The number of ether oxygens (including phenoxy) is 1. The summed E-state index contributed by atoms with van der Waals surface area (Å²) in [6.07, 6.45) is 3.20. The van der Waals surface area contributed by atoms with Crippen LogP contribution in [0.2, 0.25) is 5.02 Å². The normalized spacial score (nSPS) is 11.0. The third-order valence-corrected chi connectivity index (χ3v) is 3.23. The topological polar surface area (TPSA) is 47.0 Å². The van der Waals surface area contributed by atoms with Gasteiger partial charge in [-0.3, -0.25) is 4.98 Å². The lowest BCUT2D eigenvalue weighted by Crippen LogP contribution is -2.23. The summed E-state index contributed by atoms with van der Waals surface area (Å²) in [6.45, 7) is 8.95. The van der Waals surface area contributed by atoms with Crippen molar-refractivity contribution < 1.29 is 4.74 Å². The maximum atomic E-state index is 5.94. The Kier molecular flexibility index (Phi) is 5.15. The van der Waals surface area contributed by atoms with Crippen LogP contribution in [0.5, 0.6) is 11.6 Å². The summed E-state index contributed by atoms with van der Waals surface area (Å²) in [7, 11) is 0. The lowest BCUT2D eigenvalue weighted by molar-refractivity contribution is 0.446. The Morgan fingerprint density at radius 1 is 1.24 bits per heavy atom. The van der Waals surface area contributed by atoms with Crippen molar-refractivity contribution in [3.63, 3.8) is 0 Å². The zero-order chi connectivity index (χ0) is 15.4. The first kappa shape index (κ1) is 15.7. The van der Waals surface area contributed by atoms with Crippen molar-refractivity contribution in [1.82, 2.24) is 15.3 Å². The first-order valence-corrected chi connectivity index (χ1v) is 7.32. The Labute approximate surface area is 130 Å². The zero-order valence-electron chi connectivity index (χ0n) is 12.8. The number of nitrogens with one attached hydrogen (secondary N) is 1. The Hall–Kier alpha value is -1.65. The molecule has 0 saturated carbocycles. The third-order valence-electron chi connectivity index (χ3n) is 3.02. The van der Waals surface area contributed by atoms with E-state index in [4.69, 9.17) is 16.3 Å². The van der Waals surface area contributed by atoms with Gasteiger partial charge in [-0.05, 0) is 25.5 Å². The maximum Gasteiger partial charge on any atom is 0.224 e. The number of pyridine rings is 2. The molecule has 21 heavy (non-hydrogen) atoms. The summed E-state index contributed by atoms with van der Waals surface area (Å²) in [5.74, 6) is 1.19. The van der Waals surface area contributed by atoms with Gasteiger partial charge in [0.2, 0.25) is 5.88 Å². The summed E-state index contributed by atoms with van der Waals surface area (Å²) in [5, 5.41) is 3.94. The number of halogens is 1. The van der Waals surface area contributed by atoms with E-state index in [0.717, 1.165) is 16.8 Å². The first-order chi connectivity index (χ1) is 9.95. The molecular formula is C16H20ClN3O. The molecule has 0 unspecified atom stereocenters. The summed E-state index contributed by atoms with van der Waals surface area (Å²) in [4.78, 5) is 8.53. The summed E-state index contributed by atoms with van der Waals surface area (Å²) in [5.41, 5.74) is 3.13. The van der Waals surface area contributed by atoms with Gasteiger partial charge in [-0.2, -0.15) is 0 Å². The van der Waals surface area contributed by atoms with E-state index in [1.54, 1.807) is 18.5 Å². The molecule has 0 radical (unpaired) electrons. The Morgan fingerprint density at radius 3 is 2.67 bits per heavy atom. The monoisotopic (exact) mass is 305 g/mol. The van der Waals surface area contributed by atoms with E-state index in [0.29, 0.717) is 29.2 Å². The van der Waals surface area contributed by atoms with Crippen LogP contribution in [-0.2, 0) is 6.54 Å². The summed E-state index contributed by atoms with van der Waals surface area (Å²) >= 11 is 5.94. The minimum absolute atomic E-state index is 0.395. The van der Waals surface area contributed by atoms with Crippen molar-refractivity contribution in [2.45, 2.75) is 40.3 Å². The molecule has 0 aliphatic carbocycles. The van der Waals surface area contributed by atoms with Gasteiger partial charge in [0.15, 0.2) is 0 Å². The molecule has 2 rings (SSSR count). The fourth-order valence-corrected chi connectivity index (χ4v) is 2.16. The van der Waals surface area contributed by atoms with Gasteiger partial charge < -0.3 is 10.1 Å². The lowest BCUT2D eigenvalue weighted by Gasteiger charge is -2.15. The van der Waals surface area contributed by atoms with Gasteiger partial charge in [-0.15, -0.1) is 0 Å². The second-order valence-electron chi connectivity index (χ2n) is 5.34. The van der Waals surface area contributed by atoms with E-state index in [2.05, 4.69) is 42.1 Å². The van der Waals surface area contributed by atoms with Gasteiger partial charge in [0.1, 0.15) is 5.75 Å². The molecule has 0 amide bonds. The highest BCUT2D eigenvalue weighted by Crippen LogP contribution is 2.27. The van der Waals surface area contributed by atoms with Gasteiger partial charge in [0.05, 0.1) is 11.2 Å². The van der Waals surface area contributed by atoms with Crippen LogP contribution in [0.3, 0.4) is 0 Å². The van der Waals surface area contributed by atoms with E-state index in [-0.39, 0.29) is 0 Å². The summed E-state index contributed by atoms with van der Waals surface area (Å²) in [6, 6.07) is 4.18. The van der Waals surface area contributed by atoms with Crippen molar-refractivity contribution >= 4 is 11.6 Å². The van der Waals surface area contributed by atoms with Gasteiger partial charge >= 0.3 is 0 Å². The van der Waals surface area contributed by atoms with Crippen molar-refractivity contribution in [3.05, 3.63) is 46.4 Å². The van der Waals surface area contributed by atoms with Crippen molar-refractivity contribution in [2.75, 3.05) is 0 Å². The molecule has 0 bridgehead atoms. The lowest BCUT2D eigenvalue weighted by atomic mass is 10.1. The van der Waals surface area contributed by atoms with Crippen LogP contribution in [0.15, 0.2) is 24.5 Å². The van der Waals surface area contributed by atoms with Crippen LogP contribution >= 0.6 is 11.6 Å². The highest BCUT2D eigenvalue weighted by molar-refractivity contribution is 6.30. The van der Waals surface area contributed by atoms with Crippen LogP contribution < -0.4 is 10.1 Å². The van der Waals surface area contributed by atoms with Crippen LogP contribution in [0.25, 0.3) is 0 Å². The van der Waals surface area contributed by atoms with Crippen LogP contribution in [0.1, 0.15) is 30.7 Å². The van der Waals surface area contributed by atoms with Crippen LogP contribution in [-0.4, -0.2) is 16.0 Å². The second kappa shape index (κ2) is 6.87. The highest BCUT2D eigenvalue weighted by atomic mass is 35.5. The molecule has 5 heteroatoms. The smallest absolute Gasteiger partial charge is 0.224 e. The van der Waals surface area contributed by atoms with Crippen LogP contribution in [0, 0.1) is 13.8 Å². The zero-order valence-corrected chi connectivity index (χ0v) is 13.5. The molecule has 2 aromatic rings. The molecule has 0 saturated heterocycles. The average molecular weight is 306 g/mol. The minimum Gasteiger partial charge on any atom is -0.437 e. The number of aromatic nitrogens is 2. The predicted octanol–water partition coefficient (Wildman–Crippen LogP) is 4.04. The largest absolute Gasteiger partial charge is 0.437 e. The molecule has 0 atom stereocenters. The van der Waals surface area contributed by atoms with Gasteiger partial charge in [0.25, 0.3) is 0 Å². The molecule has 2 heterocycles. The molecule has 4 nitrogen and oxygen atoms in total. The van der Waals surface area contributed by atoms with E-state index in [9.17, 15) is 0 Å². The number of hydrogen-bond donors (Lipinski definition) is 1. The Bertz CT molecular complexity index is 629. The molecule has 112 valence electrons. The highest BCUT2D eigenvalue weighted by Gasteiger charge is 2.12. The van der Waals surface area contributed by atoms with E-state index in [1.807, 2.05) is 6.92 Å². The maximum absolute atomic E-state index is 5.94. The number of nitrogens with zero attached hydrogens (tertiary/aromatic N) is 2. The fraction of sp³-hybridized carbons (Fsp3) is 0.375. The third kappa shape index (κ3) is 4.41. The standard InChI is InChI=1S/C16H20ClN3O/c1-10(2)19-9-15-11(3)5-12(4)20-16(15)21-14-6-13(17)7-18-8-14/h5-8,10,19H,9H2,1-4H3. The minimum atomic E-state index is 0.395.